The fourth-order valence-electron chi connectivity index (χ4n) is 1.90. The molecule has 1 saturated heterocycles. The predicted molar refractivity (Wildman–Crippen MR) is 67.8 cm³/mol. The third-order valence-electron chi connectivity index (χ3n) is 2.89. The van der Waals surface area contributed by atoms with Crippen LogP contribution in [0.3, 0.4) is 0 Å². The molecule has 1 fully saturated rings. The largest absolute Gasteiger partial charge is 0.473 e. The molecule has 1 aliphatic rings. The Morgan fingerprint density at radius 2 is 2.24 bits per heavy atom. The van der Waals surface area contributed by atoms with E-state index >= 15 is 0 Å². The van der Waals surface area contributed by atoms with Crippen molar-refractivity contribution in [3.8, 4) is 5.88 Å². The molecular formula is C12H15BrN2O2. The number of hydrogen-bond donors (Lipinski definition) is 0. The van der Waals surface area contributed by atoms with Crippen LogP contribution in [-0.2, 0) is 4.79 Å². The van der Waals surface area contributed by atoms with E-state index in [0.29, 0.717) is 5.88 Å². The number of halogens is 1. The second-order valence-corrected chi connectivity index (χ2v) is 4.97. The van der Waals surface area contributed by atoms with Gasteiger partial charge in [-0.25, -0.2) is 4.98 Å². The zero-order valence-electron chi connectivity index (χ0n) is 9.73. The molecular weight excluding hydrogens is 284 g/mol. The molecule has 0 bridgehead atoms. The van der Waals surface area contributed by atoms with Gasteiger partial charge in [0.05, 0.1) is 4.47 Å². The quantitative estimate of drug-likeness (QED) is 0.841. The number of rotatable bonds is 2. The number of carbonyl (C=O) groups is 1. The molecule has 1 amide bonds. The van der Waals surface area contributed by atoms with Crippen LogP contribution in [0.15, 0.2) is 22.8 Å². The van der Waals surface area contributed by atoms with Gasteiger partial charge >= 0.3 is 0 Å². The first-order valence-electron chi connectivity index (χ1n) is 5.69. The van der Waals surface area contributed by atoms with Gasteiger partial charge in [-0.3, -0.25) is 4.79 Å². The minimum atomic E-state index is 0.141. The van der Waals surface area contributed by atoms with E-state index in [0.717, 1.165) is 30.4 Å². The summed E-state index contributed by atoms with van der Waals surface area (Å²) in [5, 5.41) is 0. The molecule has 5 heteroatoms. The molecule has 0 unspecified atom stereocenters. The van der Waals surface area contributed by atoms with Crippen molar-refractivity contribution < 1.29 is 9.53 Å². The van der Waals surface area contributed by atoms with Crippen LogP contribution in [0.5, 0.6) is 5.88 Å². The van der Waals surface area contributed by atoms with Crippen molar-refractivity contribution in [3.05, 3.63) is 22.8 Å². The van der Waals surface area contributed by atoms with Gasteiger partial charge in [0.1, 0.15) is 6.10 Å². The van der Waals surface area contributed by atoms with Crippen LogP contribution in [-0.4, -0.2) is 35.0 Å². The zero-order chi connectivity index (χ0) is 12.3. The zero-order valence-corrected chi connectivity index (χ0v) is 11.3. The van der Waals surface area contributed by atoms with Crippen molar-refractivity contribution in [2.75, 3.05) is 13.1 Å². The molecule has 0 N–H and O–H groups in total. The minimum absolute atomic E-state index is 0.141. The second-order valence-electron chi connectivity index (χ2n) is 4.11. The number of nitrogens with zero attached hydrogens (tertiary/aromatic N) is 2. The lowest BCUT2D eigenvalue weighted by Gasteiger charge is -2.31. The molecule has 2 heterocycles. The molecule has 17 heavy (non-hydrogen) atoms. The van der Waals surface area contributed by atoms with Crippen molar-refractivity contribution in [1.29, 1.82) is 0 Å². The lowest BCUT2D eigenvalue weighted by molar-refractivity contribution is -0.130. The summed E-state index contributed by atoms with van der Waals surface area (Å²) in [6.07, 6.45) is 3.59. The molecule has 0 aromatic carbocycles. The maximum absolute atomic E-state index is 11.2. The SMILES string of the molecule is CC(=O)N1CCC(Oc2ncccc2Br)CC1. The van der Waals surface area contributed by atoms with E-state index in [1.165, 1.54) is 0 Å². The van der Waals surface area contributed by atoms with Crippen LogP contribution in [0.25, 0.3) is 0 Å². The average Bonchev–Trinajstić information content (AvgIpc) is 2.33. The van der Waals surface area contributed by atoms with Crippen LogP contribution in [0.1, 0.15) is 19.8 Å². The molecule has 1 aromatic heterocycles. The maximum atomic E-state index is 11.2. The molecule has 92 valence electrons. The van der Waals surface area contributed by atoms with Crippen LogP contribution in [0, 0.1) is 0 Å². The fourth-order valence-corrected chi connectivity index (χ4v) is 2.25. The van der Waals surface area contributed by atoms with E-state index in [2.05, 4.69) is 20.9 Å². The summed E-state index contributed by atoms with van der Waals surface area (Å²) in [7, 11) is 0. The third kappa shape index (κ3) is 3.19. The van der Waals surface area contributed by atoms with Crippen LogP contribution >= 0.6 is 15.9 Å². The average molecular weight is 299 g/mol. The number of amides is 1. The summed E-state index contributed by atoms with van der Waals surface area (Å²) in [4.78, 5) is 17.2. The van der Waals surface area contributed by atoms with Gasteiger partial charge < -0.3 is 9.64 Å². The standard InChI is InChI=1S/C12H15BrN2O2/c1-9(16)15-7-4-10(5-8-15)17-12-11(13)3-2-6-14-12/h2-3,6,10H,4-5,7-8H2,1H3. The molecule has 4 nitrogen and oxygen atoms in total. The second kappa shape index (κ2) is 5.49. The summed E-state index contributed by atoms with van der Waals surface area (Å²) in [6, 6.07) is 3.77. The smallest absolute Gasteiger partial charge is 0.228 e. The molecule has 0 radical (unpaired) electrons. The van der Waals surface area contributed by atoms with E-state index in [1.807, 2.05) is 17.0 Å². The summed E-state index contributed by atoms with van der Waals surface area (Å²) in [5.74, 6) is 0.774. The van der Waals surface area contributed by atoms with Gasteiger partial charge in [-0.15, -0.1) is 0 Å². The summed E-state index contributed by atoms with van der Waals surface area (Å²) >= 11 is 3.41. The summed E-state index contributed by atoms with van der Waals surface area (Å²) < 4.78 is 6.69. The molecule has 2 rings (SSSR count). The first kappa shape index (κ1) is 12.4. The highest BCUT2D eigenvalue weighted by Gasteiger charge is 2.22. The predicted octanol–water partition coefficient (Wildman–Crippen LogP) is 2.23. The summed E-state index contributed by atoms with van der Waals surface area (Å²) in [5.41, 5.74) is 0. The molecule has 1 aromatic rings. The van der Waals surface area contributed by atoms with Gasteiger partial charge in [0.25, 0.3) is 0 Å². The highest BCUT2D eigenvalue weighted by Crippen LogP contribution is 2.24. The lowest BCUT2D eigenvalue weighted by atomic mass is 10.1. The minimum Gasteiger partial charge on any atom is -0.473 e. The number of likely N-dealkylation sites (tertiary alicyclic amines) is 1. The number of carbonyl (C=O) groups excluding carboxylic acids is 1. The van der Waals surface area contributed by atoms with Gasteiger partial charge in [0.2, 0.25) is 11.8 Å². The van der Waals surface area contributed by atoms with Gasteiger partial charge in [-0.1, -0.05) is 0 Å². The number of ether oxygens (including phenoxy) is 1. The van der Waals surface area contributed by atoms with Crippen molar-refractivity contribution in [3.63, 3.8) is 0 Å². The Bertz CT molecular complexity index is 403. The monoisotopic (exact) mass is 298 g/mol. The van der Waals surface area contributed by atoms with Crippen molar-refractivity contribution >= 4 is 21.8 Å². The highest BCUT2D eigenvalue weighted by atomic mass is 79.9. The van der Waals surface area contributed by atoms with Gasteiger partial charge in [0.15, 0.2) is 0 Å². The Balaban J connectivity index is 1.90. The Labute approximate surface area is 109 Å². The number of aromatic nitrogens is 1. The Hall–Kier alpha value is -1.10. The Kier molecular flexibility index (Phi) is 3.99. The first-order valence-corrected chi connectivity index (χ1v) is 6.49. The van der Waals surface area contributed by atoms with E-state index in [-0.39, 0.29) is 12.0 Å². The Morgan fingerprint density at radius 1 is 1.53 bits per heavy atom. The first-order chi connectivity index (χ1) is 8.16. The van der Waals surface area contributed by atoms with E-state index in [1.54, 1.807) is 13.1 Å². The molecule has 0 aliphatic carbocycles. The molecule has 0 atom stereocenters. The van der Waals surface area contributed by atoms with E-state index in [4.69, 9.17) is 4.74 Å². The van der Waals surface area contributed by atoms with Gasteiger partial charge in [-0.05, 0) is 28.1 Å². The highest BCUT2D eigenvalue weighted by molar-refractivity contribution is 9.10. The molecule has 1 aliphatic heterocycles. The topological polar surface area (TPSA) is 42.4 Å². The number of piperidine rings is 1. The van der Waals surface area contributed by atoms with Gasteiger partial charge in [0, 0.05) is 39.1 Å². The molecule has 0 spiro atoms. The van der Waals surface area contributed by atoms with Crippen molar-refractivity contribution in [2.24, 2.45) is 0 Å². The van der Waals surface area contributed by atoms with Crippen molar-refractivity contribution in [2.45, 2.75) is 25.9 Å². The normalized spacial score (nSPS) is 16.9. The fraction of sp³-hybridized carbons (Fsp3) is 0.500. The van der Waals surface area contributed by atoms with Crippen LogP contribution in [0.4, 0.5) is 0 Å². The third-order valence-corrected chi connectivity index (χ3v) is 3.49. The maximum Gasteiger partial charge on any atom is 0.228 e. The Morgan fingerprint density at radius 3 is 2.82 bits per heavy atom. The van der Waals surface area contributed by atoms with Crippen molar-refractivity contribution in [1.82, 2.24) is 9.88 Å². The van der Waals surface area contributed by atoms with Crippen LogP contribution < -0.4 is 4.74 Å². The van der Waals surface area contributed by atoms with E-state index < -0.39 is 0 Å². The van der Waals surface area contributed by atoms with Gasteiger partial charge in [-0.2, -0.15) is 0 Å². The molecule has 0 saturated carbocycles. The summed E-state index contributed by atoms with van der Waals surface area (Å²) in [6.45, 7) is 3.14. The van der Waals surface area contributed by atoms with Crippen LogP contribution in [0.2, 0.25) is 0 Å². The van der Waals surface area contributed by atoms with E-state index in [9.17, 15) is 4.79 Å². The number of pyridine rings is 1. The number of hydrogen-bond acceptors (Lipinski definition) is 3. The lowest BCUT2D eigenvalue weighted by Crippen LogP contribution is -2.40.